The molecule has 3 heteroatoms. The number of nitrogens with one attached hydrogen (secondary N) is 1. The zero-order valence-corrected chi connectivity index (χ0v) is 12.0. The summed E-state index contributed by atoms with van der Waals surface area (Å²) in [5.41, 5.74) is 2.06. The largest absolute Gasteiger partial charge is 0.488 e. The van der Waals surface area contributed by atoms with E-state index in [4.69, 9.17) is 4.74 Å². The van der Waals surface area contributed by atoms with Gasteiger partial charge in [-0.15, -0.1) is 0 Å². The molecule has 1 aromatic heterocycles. The van der Waals surface area contributed by atoms with Crippen molar-refractivity contribution in [2.45, 2.75) is 13.0 Å². The normalized spacial score (nSPS) is 12.0. The first-order chi connectivity index (χ1) is 10.3. The highest BCUT2D eigenvalue weighted by atomic mass is 16.5. The van der Waals surface area contributed by atoms with Gasteiger partial charge in [0.25, 0.3) is 0 Å². The van der Waals surface area contributed by atoms with Gasteiger partial charge in [-0.2, -0.15) is 0 Å². The molecule has 1 atom stereocenters. The van der Waals surface area contributed by atoms with Crippen LogP contribution in [0.4, 0.5) is 5.69 Å². The van der Waals surface area contributed by atoms with Crippen LogP contribution in [0.5, 0.6) is 5.75 Å². The first kappa shape index (κ1) is 13.4. The van der Waals surface area contributed by atoms with Crippen molar-refractivity contribution in [3.8, 4) is 5.75 Å². The molecule has 0 bridgehead atoms. The highest BCUT2D eigenvalue weighted by Gasteiger charge is 2.07. The monoisotopic (exact) mass is 278 g/mol. The van der Waals surface area contributed by atoms with Gasteiger partial charge >= 0.3 is 0 Å². The number of aromatic nitrogens is 1. The lowest BCUT2D eigenvalue weighted by atomic mass is 10.2. The summed E-state index contributed by atoms with van der Waals surface area (Å²) in [6.45, 7) is 2.81. The third-order valence-electron chi connectivity index (χ3n) is 3.30. The molecule has 0 aliphatic heterocycles. The van der Waals surface area contributed by atoms with E-state index in [1.54, 1.807) is 6.20 Å². The molecule has 3 nitrogen and oxygen atoms in total. The Hall–Kier alpha value is -2.55. The molecule has 3 aromatic rings. The predicted octanol–water partition coefficient (Wildman–Crippen LogP) is 4.11. The van der Waals surface area contributed by atoms with Crippen molar-refractivity contribution >= 4 is 16.6 Å². The molecule has 2 aromatic carbocycles. The molecule has 0 saturated carbocycles. The van der Waals surface area contributed by atoms with Gasteiger partial charge in [0.1, 0.15) is 11.9 Å². The van der Waals surface area contributed by atoms with Gasteiger partial charge in [0.15, 0.2) is 0 Å². The van der Waals surface area contributed by atoms with Crippen molar-refractivity contribution < 1.29 is 4.74 Å². The fourth-order valence-corrected chi connectivity index (χ4v) is 2.25. The summed E-state index contributed by atoms with van der Waals surface area (Å²) < 4.78 is 6.05. The highest BCUT2D eigenvalue weighted by molar-refractivity contribution is 5.84. The summed E-state index contributed by atoms with van der Waals surface area (Å²) in [7, 11) is 0. The Balaban J connectivity index is 1.67. The SMILES string of the molecule is CC(CNc1ccccc1)Oc1cccc2ncccc12. The first-order valence-electron chi connectivity index (χ1n) is 7.12. The smallest absolute Gasteiger partial charge is 0.129 e. The van der Waals surface area contributed by atoms with Crippen LogP contribution in [0.2, 0.25) is 0 Å². The summed E-state index contributed by atoms with van der Waals surface area (Å²) in [6, 6.07) is 20.1. The number of rotatable bonds is 5. The Bertz CT molecular complexity index is 707. The quantitative estimate of drug-likeness (QED) is 0.762. The maximum atomic E-state index is 6.05. The van der Waals surface area contributed by atoms with Crippen LogP contribution < -0.4 is 10.1 Å². The van der Waals surface area contributed by atoms with Gasteiger partial charge in [-0.3, -0.25) is 4.98 Å². The average molecular weight is 278 g/mol. The van der Waals surface area contributed by atoms with Crippen molar-refractivity contribution in [2.75, 3.05) is 11.9 Å². The van der Waals surface area contributed by atoms with Crippen LogP contribution in [0, 0.1) is 0 Å². The van der Waals surface area contributed by atoms with Crippen LogP contribution in [0.15, 0.2) is 66.9 Å². The minimum atomic E-state index is 0.0658. The van der Waals surface area contributed by atoms with E-state index in [-0.39, 0.29) is 6.10 Å². The Morgan fingerprint density at radius 2 is 1.86 bits per heavy atom. The van der Waals surface area contributed by atoms with E-state index in [0.717, 1.165) is 28.9 Å². The van der Waals surface area contributed by atoms with E-state index in [9.17, 15) is 0 Å². The molecule has 1 unspecified atom stereocenters. The minimum Gasteiger partial charge on any atom is -0.488 e. The fourth-order valence-electron chi connectivity index (χ4n) is 2.25. The summed E-state index contributed by atoms with van der Waals surface area (Å²) in [5.74, 6) is 0.878. The predicted molar refractivity (Wildman–Crippen MR) is 86.8 cm³/mol. The van der Waals surface area contributed by atoms with Crippen LogP contribution >= 0.6 is 0 Å². The molecular formula is C18H18N2O. The van der Waals surface area contributed by atoms with E-state index in [2.05, 4.69) is 29.4 Å². The van der Waals surface area contributed by atoms with Crippen molar-refractivity contribution in [3.05, 3.63) is 66.9 Å². The Morgan fingerprint density at radius 3 is 2.71 bits per heavy atom. The number of hydrogen-bond acceptors (Lipinski definition) is 3. The van der Waals surface area contributed by atoms with E-state index in [1.165, 1.54) is 0 Å². The molecule has 0 fully saturated rings. The lowest BCUT2D eigenvalue weighted by molar-refractivity contribution is 0.238. The van der Waals surface area contributed by atoms with Gasteiger partial charge in [0.2, 0.25) is 0 Å². The molecule has 21 heavy (non-hydrogen) atoms. The Morgan fingerprint density at radius 1 is 1.00 bits per heavy atom. The van der Waals surface area contributed by atoms with Crippen molar-refractivity contribution in [1.29, 1.82) is 0 Å². The molecule has 1 N–H and O–H groups in total. The van der Waals surface area contributed by atoms with E-state index >= 15 is 0 Å². The van der Waals surface area contributed by atoms with Crippen LogP contribution in [0.25, 0.3) is 10.9 Å². The average Bonchev–Trinajstić information content (AvgIpc) is 2.54. The fraction of sp³-hybridized carbons (Fsp3) is 0.167. The number of hydrogen-bond donors (Lipinski definition) is 1. The molecule has 0 aliphatic rings. The van der Waals surface area contributed by atoms with Gasteiger partial charge in [0, 0.05) is 17.3 Å². The summed E-state index contributed by atoms with van der Waals surface area (Å²) in [6.07, 6.45) is 1.86. The maximum Gasteiger partial charge on any atom is 0.129 e. The van der Waals surface area contributed by atoms with Gasteiger partial charge < -0.3 is 10.1 Å². The van der Waals surface area contributed by atoms with Gasteiger partial charge in [0.05, 0.1) is 12.1 Å². The number of anilines is 1. The molecule has 0 spiro atoms. The van der Waals surface area contributed by atoms with Crippen molar-refractivity contribution in [2.24, 2.45) is 0 Å². The van der Waals surface area contributed by atoms with E-state index < -0.39 is 0 Å². The van der Waals surface area contributed by atoms with Crippen LogP contribution in [-0.2, 0) is 0 Å². The second-order valence-corrected chi connectivity index (χ2v) is 5.00. The van der Waals surface area contributed by atoms with Gasteiger partial charge in [-0.25, -0.2) is 0 Å². The molecule has 106 valence electrons. The van der Waals surface area contributed by atoms with Crippen LogP contribution in [-0.4, -0.2) is 17.6 Å². The van der Waals surface area contributed by atoms with Gasteiger partial charge in [-0.1, -0.05) is 24.3 Å². The number of ether oxygens (including phenoxy) is 1. The second-order valence-electron chi connectivity index (χ2n) is 5.00. The zero-order valence-electron chi connectivity index (χ0n) is 12.0. The number of fused-ring (bicyclic) bond motifs is 1. The third kappa shape index (κ3) is 3.31. The summed E-state index contributed by atoms with van der Waals surface area (Å²) in [5, 5.41) is 4.42. The number of nitrogens with zero attached hydrogens (tertiary/aromatic N) is 1. The van der Waals surface area contributed by atoms with Crippen molar-refractivity contribution in [3.63, 3.8) is 0 Å². The summed E-state index contributed by atoms with van der Waals surface area (Å²) in [4.78, 5) is 4.35. The third-order valence-corrected chi connectivity index (χ3v) is 3.30. The lowest BCUT2D eigenvalue weighted by Crippen LogP contribution is -2.22. The molecule has 0 saturated heterocycles. The van der Waals surface area contributed by atoms with Crippen LogP contribution in [0.3, 0.4) is 0 Å². The highest BCUT2D eigenvalue weighted by Crippen LogP contribution is 2.24. The minimum absolute atomic E-state index is 0.0658. The summed E-state index contributed by atoms with van der Waals surface area (Å²) >= 11 is 0. The van der Waals surface area contributed by atoms with E-state index in [1.807, 2.05) is 48.5 Å². The van der Waals surface area contributed by atoms with Crippen molar-refractivity contribution in [1.82, 2.24) is 4.98 Å². The Labute approximate surface area is 124 Å². The van der Waals surface area contributed by atoms with E-state index in [0.29, 0.717) is 0 Å². The van der Waals surface area contributed by atoms with Gasteiger partial charge in [-0.05, 0) is 43.3 Å². The number of para-hydroxylation sites is 1. The number of benzene rings is 2. The molecule has 0 amide bonds. The zero-order chi connectivity index (χ0) is 14.5. The lowest BCUT2D eigenvalue weighted by Gasteiger charge is -2.17. The molecule has 3 rings (SSSR count). The standard InChI is InChI=1S/C18H18N2O/c1-14(13-20-15-7-3-2-4-8-15)21-18-11-5-10-17-16(18)9-6-12-19-17/h2-12,14,20H,13H2,1H3. The Kier molecular flexibility index (Phi) is 4.01. The maximum absolute atomic E-state index is 6.05. The first-order valence-corrected chi connectivity index (χ1v) is 7.12. The topological polar surface area (TPSA) is 34.1 Å². The molecule has 0 radical (unpaired) electrons. The molecule has 1 heterocycles. The molecular weight excluding hydrogens is 260 g/mol. The second kappa shape index (κ2) is 6.27. The molecule has 0 aliphatic carbocycles. The number of pyridine rings is 1. The van der Waals surface area contributed by atoms with Crippen LogP contribution in [0.1, 0.15) is 6.92 Å².